The zero-order valence-electron chi connectivity index (χ0n) is 9.67. The Hall–Kier alpha value is -1.64. The summed E-state index contributed by atoms with van der Waals surface area (Å²) in [6.07, 6.45) is 0. The van der Waals surface area contributed by atoms with Gasteiger partial charge in [-0.1, -0.05) is 0 Å². The summed E-state index contributed by atoms with van der Waals surface area (Å²) < 4.78 is 25.9. The molecule has 0 aliphatic heterocycles. The van der Waals surface area contributed by atoms with Crippen molar-refractivity contribution in [1.29, 1.82) is 0 Å². The van der Waals surface area contributed by atoms with Crippen molar-refractivity contribution in [1.82, 2.24) is 4.72 Å². The van der Waals surface area contributed by atoms with E-state index < -0.39 is 27.3 Å². The molecule has 0 unspecified atom stereocenters. The van der Waals surface area contributed by atoms with Crippen LogP contribution in [0.25, 0.3) is 0 Å². The van der Waals surface area contributed by atoms with Gasteiger partial charge < -0.3 is 15.9 Å². The van der Waals surface area contributed by atoms with Gasteiger partial charge in [0.2, 0.25) is 10.0 Å². The topological polar surface area (TPSA) is 130 Å². The summed E-state index contributed by atoms with van der Waals surface area (Å²) in [5, 5.41) is 18.2. The Bertz CT molecular complexity index is 568. The Morgan fingerprint density at radius 3 is 2.56 bits per heavy atom. The zero-order chi connectivity index (χ0) is 13.9. The Morgan fingerprint density at radius 2 is 2.06 bits per heavy atom. The Labute approximate surface area is 104 Å². The van der Waals surface area contributed by atoms with Crippen LogP contribution in [0.4, 0.5) is 0 Å². The molecule has 0 bridgehead atoms. The number of benzene rings is 1. The van der Waals surface area contributed by atoms with Crippen molar-refractivity contribution >= 4 is 16.0 Å². The molecule has 0 aliphatic rings. The Balaban J connectivity index is 3.33. The molecule has 0 fully saturated rings. The van der Waals surface area contributed by atoms with Gasteiger partial charge in [-0.25, -0.2) is 17.9 Å². The van der Waals surface area contributed by atoms with E-state index in [1.54, 1.807) is 0 Å². The highest BCUT2D eigenvalue weighted by Gasteiger charge is 2.21. The van der Waals surface area contributed by atoms with E-state index in [9.17, 15) is 18.3 Å². The first kappa shape index (κ1) is 14.4. The van der Waals surface area contributed by atoms with Crippen LogP contribution in [0.3, 0.4) is 0 Å². The maximum absolute atomic E-state index is 11.9. The number of nitrogens with one attached hydrogen (secondary N) is 1. The molecular weight excluding hydrogens is 260 g/mol. The molecule has 18 heavy (non-hydrogen) atoms. The second kappa shape index (κ2) is 5.34. The van der Waals surface area contributed by atoms with E-state index in [1.807, 2.05) is 0 Å². The lowest BCUT2D eigenvalue weighted by molar-refractivity contribution is 0.0693. The Morgan fingerprint density at radius 1 is 1.44 bits per heavy atom. The number of aromatic hydroxyl groups is 1. The highest BCUT2D eigenvalue weighted by atomic mass is 32.2. The number of carboxylic acid groups (broad SMARTS) is 1. The van der Waals surface area contributed by atoms with Crippen molar-refractivity contribution in [3.63, 3.8) is 0 Å². The number of rotatable bonds is 5. The lowest BCUT2D eigenvalue weighted by atomic mass is 10.1. The lowest BCUT2D eigenvalue weighted by Gasteiger charge is -2.10. The van der Waals surface area contributed by atoms with Crippen molar-refractivity contribution < 1.29 is 23.4 Å². The second-order valence-electron chi connectivity index (χ2n) is 3.63. The number of phenols is 1. The van der Waals surface area contributed by atoms with Crippen molar-refractivity contribution in [2.75, 3.05) is 13.1 Å². The van der Waals surface area contributed by atoms with Crippen molar-refractivity contribution in [3.8, 4) is 5.75 Å². The fourth-order valence-electron chi connectivity index (χ4n) is 1.40. The van der Waals surface area contributed by atoms with E-state index >= 15 is 0 Å². The normalized spacial score (nSPS) is 11.4. The predicted molar refractivity (Wildman–Crippen MR) is 64.0 cm³/mol. The van der Waals surface area contributed by atoms with Crippen molar-refractivity contribution in [3.05, 3.63) is 23.3 Å². The van der Waals surface area contributed by atoms with E-state index in [4.69, 9.17) is 10.8 Å². The molecule has 8 heteroatoms. The van der Waals surface area contributed by atoms with Gasteiger partial charge in [0.25, 0.3) is 0 Å². The summed E-state index contributed by atoms with van der Waals surface area (Å²) in [7, 11) is -3.83. The van der Waals surface area contributed by atoms with Gasteiger partial charge in [-0.2, -0.15) is 0 Å². The molecular formula is C10H14N2O5S. The van der Waals surface area contributed by atoms with Gasteiger partial charge in [-0.05, 0) is 24.6 Å². The third-order valence-electron chi connectivity index (χ3n) is 2.25. The SMILES string of the molecule is Cc1cc(O)c(C(=O)O)cc1S(=O)(=O)NCCN. The van der Waals surface area contributed by atoms with E-state index in [0.717, 1.165) is 12.1 Å². The van der Waals surface area contributed by atoms with Crippen LogP contribution in [0.5, 0.6) is 5.75 Å². The molecule has 0 aromatic heterocycles. The number of carboxylic acids is 1. The first-order chi connectivity index (χ1) is 8.29. The maximum Gasteiger partial charge on any atom is 0.339 e. The van der Waals surface area contributed by atoms with E-state index in [2.05, 4.69) is 4.72 Å². The molecule has 0 radical (unpaired) electrons. The van der Waals surface area contributed by atoms with Crippen LogP contribution in [0.2, 0.25) is 0 Å². The van der Waals surface area contributed by atoms with Crippen LogP contribution in [-0.4, -0.2) is 37.7 Å². The smallest absolute Gasteiger partial charge is 0.339 e. The summed E-state index contributed by atoms with van der Waals surface area (Å²) in [5.74, 6) is -1.87. The molecule has 0 spiro atoms. The van der Waals surface area contributed by atoms with E-state index in [1.165, 1.54) is 6.92 Å². The summed E-state index contributed by atoms with van der Waals surface area (Å²) in [5.41, 5.74) is 4.98. The molecule has 5 N–H and O–H groups in total. The zero-order valence-corrected chi connectivity index (χ0v) is 10.5. The fourth-order valence-corrected chi connectivity index (χ4v) is 2.70. The highest BCUT2D eigenvalue weighted by Crippen LogP contribution is 2.25. The van der Waals surface area contributed by atoms with Crippen LogP contribution >= 0.6 is 0 Å². The Kier molecular flexibility index (Phi) is 4.28. The predicted octanol–water partition coefficient (Wildman–Crippen LogP) is -0.364. The van der Waals surface area contributed by atoms with Gasteiger partial charge in [0, 0.05) is 13.1 Å². The maximum atomic E-state index is 11.9. The molecule has 1 rings (SSSR count). The van der Waals surface area contributed by atoms with Gasteiger partial charge in [0.05, 0.1) is 4.90 Å². The van der Waals surface area contributed by atoms with Crippen LogP contribution in [0, 0.1) is 6.92 Å². The van der Waals surface area contributed by atoms with Gasteiger partial charge in [0.1, 0.15) is 11.3 Å². The molecule has 100 valence electrons. The monoisotopic (exact) mass is 274 g/mol. The van der Waals surface area contributed by atoms with Crippen molar-refractivity contribution in [2.45, 2.75) is 11.8 Å². The van der Waals surface area contributed by atoms with Gasteiger partial charge in [0.15, 0.2) is 0 Å². The summed E-state index contributed by atoms with van der Waals surface area (Å²) in [4.78, 5) is 10.6. The molecule has 0 atom stereocenters. The van der Waals surface area contributed by atoms with Gasteiger partial charge in [-0.15, -0.1) is 0 Å². The number of hydrogen-bond acceptors (Lipinski definition) is 5. The summed E-state index contributed by atoms with van der Waals surface area (Å²) >= 11 is 0. The highest BCUT2D eigenvalue weighted by molar-refractivity contribution is 7.89. The molecule has 0 saturated carbocycles. The average molecular weight is 274 g/mol. The third-order valence-corrected chi connectivity index (χ3v) is 3.85. The number of aryl methyl sites for hydroxylation is 1. The quantitative estimate of drug-likeness (QED) is 0.580. The lowest BCUT2D eigenvalue weighted by Crippen LogP contribution is -2.29. The molecule has 0 aliphatic carbocycles. The minimum Gasteiger partial charge on any atom is -0.507 e. The first-order valence-electron chi connectivity index (χ1n) is 5.06. The van der Waals surface area contributed by atoms with Gasteiger partial charge in [-0.3, -0.25) is 0 Å². The molecule has 0 amide bonds. The minimum absolute atomic E-state index is 0.0467. The third kappa shape index (κ3) is 2.97. The standard InChI is InChI=1S/C10H14N2O5S/c1-6-4-8(13)7(10(14)15)5-9(6)18(16,17)12-3-2-11/h4-5,12-13H,2-3,11H2,1H3,(H,14,15). The first-order valence-corrected chi connectivity index (χ1v) is 6.54. The van der Waals surface area contributed by atoms with E-state index in [-0.39, 0.29) is 23.5 Å². The average Bonchev–Trinajstić information content (AvgIpc) is 2.25. The molecule has 1 aromatic carbocycles. The molecule has 0 saturated heterocycles. The van der Waals surface area contributed by atoms with Crippen LogP contribution < -0.4 is 10.5 Å². The molecule has 0 heterocycles. The number of nitrogens with two attached hydrogens (primary N) is 1. The molecule has 7 nitrogen and oxygen atoms in total. The van der Waals surface area contributed by atoms with Crippen LogP contribution in [-0.2, 0) is 10.0 Å². The minimum atomic E-state index is -3.83. The number of hydrogen-bond donors (Lipinski definition) is 4. The van der Waals surface area contributed by atoms with E-state index in [0.29, 0.717) is 0 Å². The summed E-state index contributed by atoms with van der Waals surface area (Å²) in [6, 6.07) is 2.02. The fraction of sp³-hybridized carbons (Fsp3) is 0.300. The van der Waals surface area contributed by atoms with Crippen LogP contribution in [0.1, 0.15) is 15.9 Å². The molecule has 1 aromatic rings. The summed E-state index contributed by atoms with van der Waals surface area (Å²) in [6.45, 7) is 1.63. The van der Waals surface area contributed by atoms with Crippen molar-refractivity contribution in [2.24, 2.45) is 5.73 Å². The van der Waals surface area contributed by atoms with Gasteiger partial charge >= 0.3 is 5.97 Å². The number of carbonyl (C=O) groups is 1. The largest absolute Gasteiger partial charge is 0.507 e. The number of sulfonamides is 1. The number of aromatic carboxylic acids is 1. The van der Waals surface area contributed by atoms with Crippen LogP contribution in [0.15, 0.2) is 17.0 Å². The second-order valence-corrected chi connectivity index (χ2v) is 5.36.